The number of benzene rings is 1. The summed E-state index contributed by atoms with van der Waals surface area (Å²) in [5, 5.41) is 3.51. The number of aromatic nitrogens is 2. The molecule has 26 heavy (non-hydrogen) atoms. The van der Waals surface area contributed by atoms with Crippen LogP contribution < -0.4 is 15.1 Å². The van der Waals surface area contributed by atoms with E-state index >= 15 is 0 Å². The van der Waals surface area contributed by atoms with Crippen LogP contribution in [0.3, 0.4) is 0 Å². The highest BCUT2D eigenvalue weighted by molar-refractivity contribution is 6.30. The van der Waals surface area contributed by atoms with E-state index in [1.54, 1.807) is 19.4 Å². The molecule has 1 aromatic carbocycles. The minimum atomic E-state index is -0.219. The van der Waals surface area contributed by atoms with Crippen molar-refractivity contribution < 1.29 is 9.53 Å². The molecular weight excluding hydrogens is 354 g/mol. The number of carbonyl (C=O) groups excluding carboxylic acids is 1. The number of anilines is 2. The van der Waals surface area contributed by atoms with Crippen LogP contribution in [0.1, 0.15) is 10.5 Å². The fraction of sp³-hybridized carbons (Fsp3) is 0.389. The Morgan fingerprint density at radius 2 is 2.00 bits per heavy atom. The number of rotatable bonds is 6. The Morgan fingerprint density at radius 1 is 1.23 bits per heavy atom. The van der Waals surface area contributed by atoms with Crippen LogP contribution in [0, 0.1) is 0 Å². The van der Waals surface area contributed by atoms with Gasteiger partial charge < -0.3 is 19.9 Å². The standard InChI is InChI=1S/C18H22ClN5O2/c1-26-12-7-20-17(25)16-5-6-21-18(22-16)24-10-8-23(9-11-24)15-4-2-3-14(19)13-15/h2-6,13H,7-12H2,1H3,(H,20,25). The monoisotopic (exact) mass is 375 g/mol. The average molecular weight is 376 g/mol. The summed E-state index contributed by atoms with van der Waals surface area (Å²) in [6, 6.07) is 9.48. The highest BCUT2D eigenvalue weighted by Crippen LogP contribution is 2.21. The van der Waals surface area contributed by atoms with Gasteiger partial charge in [-0.1, -0.05) is 17.7 Å². The maximum absolute atomic E-state index is 12.1. The lowest BCUT2D eigenvalue weighted by atomic mass is 10.2. The number of piperazine rings is 1. The van der Waals surface area contributed by atoms with Crippen molar-refractivity contribution in [3.63, 3.8) is 0 Å². The SMILES string of the molecule is COCCNC(=O)c1ccnc(N2CCN(c3cccc(Cl)c3)CC2)n1. The number of methoxy groups -OCH3 is 1. The van der Waals surface area contributed by atoms with Gasteiger partial charge in [-0.2, -0.15) is 0 Å². The number of hydrogen-bond donors (Lipinski definition) is 1. The Bertz CT molecular complexity index is 750. The summed E-state index contributed by atoms with van der Waals surface area (Å²) in [6.45, 7) is 4.16. The third kappa shape index (κ3) is 4.62. The zero-order chi connectivity index (χ0) is 18.4. The van der Waals surface area contributed by atoms with E-state index in [1.165, 1.54) is 0 Å². The summed E-state index contributed by atoms with van der Waals surface area (Å²) in [4.78, 5) is 25.2. The minimum absolute atomic E-state index is 0.219. The van der Waals surface area contributed by atoms with Crippen molar-refractivity contribution in [3.05, 3.63) is 47.2 Å². The van der Waals surface area contributed by atoms with Crippen LogP contribution >= 0.6 is 11.6 Å². The van der Waals surface area contributed by atoms with Gasteiger partial charge >= 0.3 is 0 Å². The van der Waals surface area contributed by atoms with Gasteiger partial charge in [0.1, 0.15) is 5.69 Å². The van der Waals surface area contributed by atoms with Crippen LogP contribution in [0.2, 0.25) is 5.02 Å². The van der Waals surface area contributed by atoms with E-state index in [0.717, 1.165) is 36.9 Å². The third-order valence-corrected chi connectivity index (χ3v) is 4.44. The molecule has 1 aliphatic rings. The molecule has 1 N–H and O–H groups in total. The van der Waals surface area contributed by atoms with Gasteiger partial charge in [-0.05, 0) is 24.3 Å². The lowest BCUT2D eigenvalue weighted by Gasteiger charge is -2.36. The molecule has 8 heteroatoms. The molecule has 1 aliphatic heterocycles. The van der Waals surface area contributed by atoms with E-state index in [0.29, 0.717) is 24.8 Å². The molecule has 1 amide bonds. The molecule has 0 bridgehead atoms. The second kappa shape index (κ2) is 8.82. The highest BCUT2D eigenvalue weighted by Gasteiger charge is 2.20. The van der Waals surface area contributed by atoms with Crippen molar-refractivity contribution in [3.8, 4) is 0 Å². The minimum Gasteiger partial charge on any atom is -0.383 e. The van der Waals surface area contributed by atoms with Gasteiger partial charge in [-0.3, -0.25) is 4.79 Å². The number of ether oxygens (including phenoxy) is 1. The fourth-order valence-corrected chi connectivity index (χ4v) is 3.01. The summed E-state index contributed by atoms with van der Waals surface area (Å²) in [5.41, 5.74) is 1.48. The smallest absolute Gasteiger partial charge is 0.270 e. The molecule has 0 atom stereocenters. The lowest BCUT2D eigenvalue weighted by molar-refractivity contribution is 0.0932. The molecule has 1 saturated heterocycles. The Kier molecular flexibility index (Phi) is 6.25. The van der Waals surface area contributed by atoms with Crippen LogP contribution in [0.15, 0.2) is 36.5 Å². The lowest BCUT2D eigenvalue weighted by Crippen LogP contribution is -2.47. The van der Waals surface area contributed by atoms with Crippen LogP contribution in [0.4, 0.5) is 11.6 Å². The number of amides is 1. The van der Waals surface area contributed by atoms with Gasteiger partial charge in [0.15, 0.2) is 0 Å². The molecule has 0 unspecified atom stereocenters. The Labute approximate surface area is 157 Å². The van der Waals surface area contributed by atoms with Crippen molar-refractivity contribution >= 4 is 29.1 Å². The van der Waals surface area contributed by atoms with Crippen molar-refractivity contribution in [2.75, 3.05) is 56.2 Å². The summed E-state index contributed by atoms with van der Waals surface area (Å²) < 4.78 is 4.93. The van der Waals surface area contributed by atoms with Gasteiger partial charge in [0, 0.05) is 56.7 Å². The highest BCUT2D eigenvalue weighted by atomic mass is 35.5. The third-order valence-electron chi connectivity index (χ3n) is 4.20. The first-order chi connectivity index (χ1) is 12.7. The van der Waals surface area contributed by atoms with E-state index in [2.05, 4.69) is 31.2 Å². The van der Waals surface area contributed by atoms with Gasteiger partial charge in [-0.25, -0.2) is 9.97 Å². The molecule has 138 valence electrons. The predicted octanol–water partition coefficient (Wildman–Crippen LogP) is 1.83. The molecular formula is C18H22ClN5O2. The molecule has 3 rings (SSSR count). The second-order valence-corrected chi connectivity index (χ2v) is 6.38. The van der Waals surface area contributed by atoms with Gasteiger partial charge in [0.25, 0.3) is 5.91 Å². The number of carbonyl (C=O) groups is 1. The number of nitrogens with zero attached hydrogens (tertiary/aromatic N) is 4. The predicted molar refractivity (Wildman–Crippen MR) is 102 cm³/mol. The zero-order valence-corrected chi connectivity index (χ0v) is 15.4. The zero-order valence-electron chi connectivity index (χ0n) is 14.7. The summed E-state index contributed by atoms with van der Waals surface area (Å²) in [5.74, 6) is 0.360. The Morgan fingerprint density at radius 3 is 2.73 bits per heavy atom. The summed E-state index contributed by atoms with van der Waals surface area (Å²) in [6.07, 6.45) is 1.62. The van der Waals surface area contributed by atoms with E-state index < -0.39 is 0 Å². The molecule has 1 fully saturated rings. The molecule has 7 nitrogen and oxygen atoms in total. The van der Waals surface area contributed by atoms with Crippen LogP contribution in [-0.4, -0.2) is 62.3 Å². The summed E-state index contributed by atoms with van der Waals surface area (Å²) in [7, 11) is 1.60. The van der Waals surface area contributed by atoms with E-state index in [9.17, 15) is 4.79 Å². The molecule has 0 radical (unpaired) electrons. The average Bonchev–Trinajstić information content (AvgIpc) is 2.68. The molecule has 0 aliphatic carbocycles. The Hall–Kier alpha value is -2.38. The number of halogens is 1. The number of nitrogens with one attached hydrogen (secondary N) is 1. The van der Waals surface area contributed by atoms with Crippen LogP contribution in [-0.2, 0) is 4.74 Å². The first-order valence-corrected chi connectivity index (χ1v) is 8.91. The topological polar surface area (TPSA) is 70.6 Å². The second-order valence-electron chi connectivity index (χ2n) is 5.94. The van der Waals surface area contributed by atoms with E-state index in [-0.39, 0.29) is 5.91 Å². The molecule has 0 saturated carbocycles. The van der Waals surface area contributed by atoms with Gasteiger partial charge in [-0.15, -0.1) is 0 Å². The first-order valence-electron chi connectivity index (χ1n) is 8.53. The van der Waals surface area contributed by atoms with E-state index in [4.69, 9.17) is 16.3 Å². The fourth-order valence-electron chi connectivity index (χ4n) is 2.82. The van der Waals surface area contributed by atoms with Crippen molar-refractivity contribution in [1.82, 2.24) is 15.3 Å². The maximum Gasteiger partial charge on any atom is 0.270 e. The summed E-state index contributed by atoms with van der Waals surface area (Å²) >= 11 is 6.08. The molecule has 2 heterocycles. The van der Waals surface area contributed by atoms with Crippen molar-refractivity contribution in [1.29, 1.82) is 0 Å². The number of hydrogen-bond acceptors (Lipinski definition) is 6. The van der Waals surface area contributed by atoms with Gasteiger partial charge in [0.2, 0.25) is 5.95 Å². The maximum atomic E-state index is 12.1. The van der Waals surface area contributed by atoms with Crippen LogP contribution in [0.5, 0.6) is 0 Å². The van der Waals surface area contributed by atoms with Gasteiger partial charge in [0.05, 0.1) is 6.61 Å². The van der Waals surface area contributed by atoms with Crippen molar-refractivity contribution in [2.45, 2.75) is 0 Å². The van der Waals surface area contributed by atoms with Crippen molar-refractivity contribution in [2.24, 2.45) is 0 Å². The molecule has 0 spiro atoms. The first kappa shape index (κ1) is 18.4. The largest absolute Gasteiger partial charge is 0.383 e. The normalized spacial score (nSPS) is 14.4. The molecule has 2 aromatic rings. The van der Waals surface area contributed by atoms with E-state index in [1.807, 2.05) is 18.2 Å². The Balaban J connectivity index is 1.61. The quantitative estimate of drug-likeness (QED) is 0.777. The molecule has 1 aromatic heterocycles. The van der Waals surface area contributed by atoms with Crippen LogP contribution in [0.25, 0.3) is 0 Å².